The van der Waals surface area contributed by atoms with Gasteiger partial charge >= 0.3 is 0 Å². The molecule has 0 aliphatic rings. The maximum absolute atomic E-state index is 12.5. The van der Waals surface area contributed by atoms with Gasteiger partial charge in [-0.05, 0) is 55.9 Å². The number of amides is 1. The molecule has 0 saturated heterocycles. The molecule has 0 aliphatic heterocycles. The zero-order valence-corrected chi connectivity index (χ0v) is 16.9. The van der Waals surface area contributed by atoms with Gasteiger partial charge in [-0.25, -0.2) is 9.97 Å². The summed E-state index contributed by atoms with van der Waals surface area (Å²) in [6, 6.07) is 14.2. The lowest BCUT2D eigenvalue weighted by molar-refractivity contribution is -0.112. The van der Waals surface area contributed by atoms with Crippen LogP contribution < -0.4 is 10.1 Å². The predicted molar refractivity (Wildman–Crippen MR) is 110 cm³/mol. The summed E-state index contributed by atoms with van der Waals surface area (Å²) in [5.74, 6) is 0.326. The van der Waals surface area contributed by atoms with Crippen LogP contribution in [0, 0.1) is 25.2 Å². The fourth-order valence-corrected chi connectivity index (χ4v) is 3.36. The van der Waals surface area contributed by atoms with Crippen LogP contribution in [-0.2, 0) is 4.79 Å². The fraction of sp³-hybridized carbons (Fsp3) is 0.143. The van der Waals surface area contributed by atoms with Gasteiger partial charge in [-0.1, -0.05) is 12.1 Å². The second kappa shape index (κ2) is 9.08. The molecule has 8 heteroatoms. The van der Waals surface area contributed by atoms with E-state index in [1.54, 1.807) is 36.4 Å². The van der Waals surface area contributed by atoms with E-state index in [4.69, 9.17) is 9.15 Å². The molecular weight excluding hydrogens is 388 g/mol. The van der Waals surface area contributed by atoms with E-state index in [0.29, 0.717) is 27.4 Å². The number of para-hydroxylation sites is 2. The van der Waals surface area contributed by atoms with Crippen molar-refractivity contribution in [2.45, 2.75) is 24.1 Å². The molecule has 0 spiro atoms. The number of nitrogens with one attached hydrogen (secondary N) is 1. The normalized spacial score (nSPS) is 11.0. The Morgan fingerprint density at radius 3 is 2.62 bits per heavy atom. The number of anilines is 1. The predicted octanol–water partition coefficient (Wildman–Crippen LogP) is 4.39. The second-order valence-corrected chi connectivity index (χ2v) is 6.99. The van der Waals surface area contributed by atoms with E-state index in [2.05, 4.69) is 15.3 Å². The van der Waals surface area contributed by atoms with Crippen LogP contribution in [0.4, 0.5) is 5.69 Å². The molecule has 3 aromatic rings. The van der Waals surface area contributed by atoms with Gasteiger partial charge in [0.25, 0.3) is 5.91 Å². The van der Waals surface area contributed by atoms with Crippen molar-refractivity contribution in [2.75, 3.05) is 12.4 Å². The highest BCUT2D eigenvalue weighted by Crippen LogP contribution is 2.28. The van der Waals surface area contributed by atoms with Gasteiger partial charge in [0.15, 0.2) is 10.2 Å². The third-order valence-electron chi connectivity index (χ3n) is 3.76. The van der Waals surface area contributed by atoms with Crippen molar-refractivity contribution in [3.63, 3.8) is 0 Å². The zero-order valence-electron chi connectivity index (χ0n) is 16.1. The van der Waals surface area contributed by atoms with Gasteiger partial charge < -0.3 is 14.5 Å². The average Bonchev–Trinajstić information content (AvgIpc) is 3.12. The summed E-state index contributed by atoms with van der Waals surface area (Å²) in [6.07, 6.45) is 1.39. The molecule has 0 bridgehead atoms. The minimum Gasteiger partial charge on any atom is -0.495 e. The number of rotatable bonds is 6. The van der Waals surface area contributed by atoms with Gasteiger partial charge in [0.2, 0.25) is 0 Å². The number of aryl methyl sites for hydroxylation is 2. The third kappa shape index (κ3) is 5.24. The highest BCUT2D eigenvalue weighted by Gasteiger charge is 2.14. The van der Waals surface area contributed by atoms with Crippen LogP contribution >= 0.6 is 11.8 Å². The Hall–Kier alpha value is -3.57. The summed E-state index contributed by atoms with van der Waals surface area (Å²) in [5.41, 5.74) is 2.12. The van der Waals surface area contributed by atoms with Crippen molar-refractivity contribution in [2.24, 2.45) is 0 Å². The molecule has 2 aromatic heterocycles. The van der Waals surface area contributed by atoms with Crippen molar-refractivity contribution in [3.05, 3.63) is 65.2 Å². The minimum atomic E-state index is -0.555. The van der Waals surface area contributed by atoms with Crippen molar-refractivity contribution >= 4 is 29.4 Å². The number of benzene rings is 1. The largest absolute Gasteiger partial charge is 0.495 e. The topological polar surface area (TPSA) is 101 Å². The molecule has 0 unspecified atom stereocenters. The van der Waals surface area contributed by atoms with E-state index in [-0.39, 0.29) is 5.57 Å². The maximum atomic E-state index is 12.5. The number of nitriles is 1. The molecule has 146 valence electrons. The van der Waals surface area contributed by atoms with E-state index in [1.807, 2.05) is 26.0 Å². The molecule has 2 heterocycles. The Bertz CT molecular complexity index is 1090. The van der Waals surface area contributed by atoms with Gasteiger partial charge in [0, 0.05) is 17.5 Å². The smallest absolute Gasteiger partial charge is 0.266 e. The fourth-order valence-electron chi connectivity index (χ4n) is 2.52. The van der Waals surface area contributed by atoms with E-state index in [1.165, 1.54) is 24.9 Å². The van der Waals surface area contributed by atoms with Gasteiger partial charge in [0.1, 0.15) is 23.2 Å². The maximum Gasteiger partial charge on any atom is 0.266 e. The summed E-state index contributed by atoms with van der Waals surface area (Å²) in [7, 11) is 1.51. The zero-order chi connectivity index (χ0) is 20.8. The van der Waals surface area contributed by atoms with Crippen LogP contribution in [-0.4, -0.2) is 23.0 Å². The van der Waals surface area contributed by atoms with Crippen LogP contribution in [0.15, 0.2) is 62.7 Å². The molecular formula is C21H18N4O3S. The molecule has 3 rings (SSSR count). The van der Waals surface area contributed by atoms with E-state index in [9.17, 15) is 10.1 Å². The first-order chi connectivity index (χ1) is 14.0. The van der Waals surface area contributed by atoms with Crippen molar-refractivity contribution < 1.29 is 13.9 Å². The molecule has 1 N–H and O–H groups in total. The number of carbonyl (C=O) groups excluding carboxylic acids is 1. The molecule has 1 aromatic carbocycles. The highest BCUT2D eigenvalue weighted by molar-refractivity contribution is 7.99. The van der Waals surface area contributed by atoms with Crippen LogP contribution in [0.5, 0.6) is 5.75 Å². The van der Waals surface area contributed by atoms with Gasteiger partial charge in [0.05, 0.1) is 12.8 Å². The summed E-state index contributed by atoms with van der Waals surface area (Å²) in [5, 5.41) is 13.2. The number of aromatic nitrogens is 2. The van der Waals surface area contributed by atoms with E-state index < -0.39 is 5.91 Å². The Morgan fingerprint density at radius 2 is 1.93 bits per heavy atom. The Balaban J connectivity index is 1.76. The van der Waals surface area contributed by atoms with Crippen molar-refractivity contribution in [3.8, 4) is 11.8 Å². The average molecular weight is 406 g/mol. The van der Waals surface area contributed by atoms with Crippen LogP contribution in [0.1, 0.15) is 17.1 Å². The Kier molecular flexibility index (Phi) is 6.32. The molecule has 0 radical (unpaired) electrons. The minimum absolute atomic E-state index is 0.0931. The van der Waals surface area contributed by atoms with Crippen molar-refractivity contribution in [1.29, 1.82) is 5.26 Å². The lowest BCUT2D eigenvalue weighted by Crippen LogP contribution is -2.14. The van der Waals surface area contributed by atoms with Gasteiger partial charge in [-0.3, -0.25) is 4.79 Å². The Labute approximate surface area is 172 Å². The second-order valence-electron chi connectivity index (χ2n) is 6.02. The molecule has 1 amide bonds. The summed E-state index contributed by atoms with van der Waals surface area (Å²) >= 11 is 1.27. The number of nitrogens with zero attached hydrogens (tertiary/aromatic N) is 3. The van der Waals surface area contributed by atoms with Crippen LogP contribution in [0.3, 0.4) is 0 Å². The highest BCUT2D eigenvalue weighted by atomic mass is 32.2. The van der Waals surface area contributed by atoms with Crippen LogP contribution in [0.25, 0.3) is 6.08 Å². The lowest BCUT2D eigenvalue weighted by atomic mass is 10.2. The molecule has 0 atom stereocenters. The molecule has 0 saturated carbocycles. The first-order valence-corrected chi connectivity index (χ1v) is 9.46. The Morgan fingerprint density at radius 1 is 1.21 bits per heavy atom. The monoisotopic (exact) mass is 406 g/mol. The van der Waals surface area contributed by atoms with E-state index >= 15 is 0 Å². The SMILES string of the molecule is COc1ccccc1NC(=O)/C(C#N)=C/c1ccc(Sc2nc(C)cc(C)n2)o1. The summed E-state index contributed by atoms with van der Waals surface area (Å²) < 4.78 is 10.9. The molecule has 0 aliphatic carbocycles. The molecule has 7 nitrogen and oxygen atoms in total. The summed E-state index contributed by atoms with van der Waals surface area (Å²) in [6.45, 7) is 3.79. The number of furan rings is 1. The molecule has 0 fully saturated rings. The van der Waals surface area contributed by atoms with Crippen LogP contribution in [0.2, 0.25) is 0 Å². The van der Waals surface area contributed by atoms with Crippen molar-refractivity contribution in [1.82, 2.24) is 9.97 Å². The van der Waals surface area contributed by atoms with E-state index in [0.717, 1.165) is 11.4 Å². The number of carbonyl (C=O) groups is 1. The number of hydrogen-bond donors (Lipinski definition) is 1. The molecule has 29 heavy (non-hydrogen) atoms. The van der Waals surface area contributed by atoms with Gasteiger partial charge in [-0.15, -0.1) is 0 Å². The third-order valence-corrected chi connectivity index (χ3v) is 4.55. The first kappa shape index (κ1) is 20.2. The quantitative estimate of drug-likeness (QED) is 0.368. The number of ether oxygens (including phenoxy) is 1. The standard InChI is InChI=1S/C21H18N4O3S/c1-13-10-14(2)24-21(23-13)29-19-9-8-16(28-19)11-15(12-22)20(26)25-17-6-4-5-7-18(17)27-3/h4-11H,1-3H3,(H,25,26)/b15-11+. The number of methoxy groups -OCH3 is 1. The first-order valence-electron chi connectivity index (χ1n) is 8.64. The number of hydrogen-bond acceptors (Lipinski definition) is 7. The lowest BCUT2D eigenvalue weighted by Gasteiger charge is -2.08. The van der Waals surface area contributed by atoms with Gasteiger partial charge in [-0.2, -0.15) is 5.26 Å². The summed E-state index contributed by atoms with van der Waals surface area (Å²) in [4.78, 5) is 21.2.